The number of hydrogen-bond acceptors (Lipinski definition) is 5. The fourth-order valence-corrected chi connectivity index (χ4v) is 2.40. The molecule has 0 spiro atoms. The number of carbonyl (C=O) groups is 1. The average Bonchev–Trinajstić information content (AvgIpc) is 2.96. The van der Waals surface area contributed by atoms with E-state index in [-0.39, 0.29) is 5.91 Å². The molecule has 2 rings (SSSR count). The summed E-state index contributed by atoms with van der Waals surface area (Å²) in [4.78, 5) is 16.2. The largest absolute Gasteiger partial charge is 0.382 e. The summed E-state index contributed by atoms with van der Waals surface area (Å²) >= 11 is 1.41. The molecule has 0 radical (unpaired) electrons. The topological polar surface area (TPSA) is 63.2 Å². The predicted molar refractivity (Wildman–Crippen MR) is 85.3 cm³/mol. The second kappa shape index (κ2) is 8.39. The zero-order chi connectivity index (χ0) is 14.9. The molecule has 1 aromatic carbocycles. The van der Waals surface area contributed by atoms with Crippen LogP contribution in [0.3, 0.4) is 0 Å². The molecule has 0 fully saturated rings. The molecular weight excluding hydrogens is 286 g/mol. The Morgan fingerprint density at radius 2 is 2.14 bits per heavy atom. The highest BCUT2D eigenvalue weighted by atomic mass is 32.1. The van der Waals surface area contributed by atoms with Crippen LogP contribution >= 0.6 is 11.3 Å². The van der Waals surface area contributed by atoms with E-state index in [1.54, 1.807) is 5.38 Å². The summed E-state index contributed by atoms with van der Waals surface area (Å²) in [6, 6.07) is 9.75. The molecule has 0 atom stereocenters. The summed E-state index contributed by atoms with van der Waals surface area (Å²) in [5.74, 6) is -0.149. The van der Waals surface area contributed by atoms with Gasteiger partial charge in [0.15, 0.2) is 5.13 Å². The first-order chi connectivity index (χ1) is 10.3. The summed E-state index contributed by atoms with van der Waals surface area (Å²) in [6.07, 6.45) is 0.804. The molecule has 112 valence electrons. The van der Waals surface area contributed by atoms with Crippen molar-refractivity contribution < 1.29 is 9.53 Å². The Balaban J connectivity index is 1.80. The third-order valence-corrected chi connectivity index (χ3v) is 3.47. The van der Waals surface area contributed by atoms with E-state index >= 15 is 0 Å². The number of para-hydroxylation sites is 1. The van der Waals surface area contributed by atoms with E-state index in [0.717, 1.165) is 12.1 Å². The first kappa shape index (κ1) is 15.5. The van der Waals surface area contributed by atoms with Crippen molar-refractivity contribution in [1.29, 1.82) is 0 Å². The van der Waals surface area contributed by atoms with E-state index in [0.29, 0.717) is 30.6 Å². The number of aromatic nitrogens is 1. The zero-order valence-corrected chi connectivity index (χ0v) is 12.8. The lowest BCUT2D eigenvalue weighted by Gasteiger charge is -2.03. The number of hydrogen-bond donors (Lipinski definition) is 2. The smallest absolute Gasteiger partial charge is 0.270 e. The van der Waals surface area contributed by atoms with Crippen molar-refractivity contribution in [2.45, 2.75) is 13.3 Å². The standard InChI is InChI=1S/C15H19N3O2S/c1-2-20-10-6-9-16-14(19)13-11-21-15(18-13)17-12-7-4-3-5-8-12/h3-5,7-8,11H,2,6,9-10H2,1H3,(H,16,19)(H,17,18). The molecule has 0 aliphatic carbocycles. The molecule has 0 aliphatic rings. The average molecular weight is 305 g/mol. The first-order valence-corrected chi connectivity index (χ1v) is 7.81. The highest BCUT2D eigenvalue weighted by Gasteiger charge is 2.10. The number of anilines is 2. The molecule has 0 saturated heterocycles. The van der Waals surface area contributed by atoms with E-state index in [1.165, 1.54) is 11.3 Å². The molecule has 2 aromatic rings. The van der Waals surface area contributed by atoms with E-state index in [9.17, 15) is 4.79 Å². The number of nitrogens with one attached hydrogen (secondary N) is 2. The van der Waals surface area contributed by atoms with Gasteiger partial charge < -0.3 is 15.4 Å². The monoisotopic (exact) mass is 305 g/mol. The molecule has 6 heteroatoms. The maximum atomic E-state index is 11.9. The van der Waals surface area contributed by atoms with Crippen LogP contribution in [0.25, 0.3) is 0 Å². The van der Waals surface area contributed by atoms with E-state index in [2.05, 4.69) is 15.6 Å². The summed E-state index contributed by atoms with van der Waals surface area (Å²) in [6.45, 7) is 3.91. The van der Waals surface area contributed by atoms with Crippen LogP contribution in [-0.4, -0.2) is 30.6 Å². The van der Waals surface area contributed by atoms with Crippen molar-refractivity contribution in [2.75, 3.05) is 25.1 Å². The zero-order valence-electron chi connectivity index (χ0n) is 12.0. The molecule has 0 unspecified atom stereocenters. The Kier molecular flexibility index (Phi) is 6.18. The van der Waals surface area contributed by atoms with Gasteiger partial charge in [0.1, 0.15) is 5.69 Å². The van der Waals surface area contributed by atoms with Crippen molar-refractivity contribution in [2.24, 2.45) is 0 Å². The molecular formula is C15H19N3O2S. The Morgan fingerprint density at radius 3 is 2.90 bits per heavy atom. The van der Waals surface area contributed by atoms with Crippen LogP contribution in [0.2, 0.25) is 0 Å². The molecule has 1 heterocycles. The fourth-order valence-electron chi connectivity index (χ4n) is 1.69. The van der Waals surface area contributed by atoms with Crippen LogP contribution < -0.4 is 10.6 Å². The fraction of sp³-hybridized carbons (Fsp3) is 0.333. The minimum atomic E-state index is -0.149. The van der Waals surface area contributed by atoms with Crippen molar-refractivity contribution in [3.63, 3.8) is 0 Å². The minimum Gasteiger partial charge on any atom is -0.382 e. The van der Waals surface area contributed by atoms with Crippen molar-refractivity contribution in [3.05, 3.63) is 41.4 Å². The van der Waals surface area contributed by atoms with Gasteiger partial charge in [0.2, 0.25) is 0 Å². The van der Waals surface area contributed by atoms with Gasteiger partial charge in [-0.2, -0.15) is 0 Å². The van der Waals surface area contributed by atoms with Crippen LogP contribution in [0, 0.1) is 0 Å². The normalized spacial score (nSPS) is 10.3. The van der Waals surface area contributed by atoms with Crippen molar-refractivity contribution in [1.82, 2.24) is 10.3 Å². The Labute approximate surface area is 128 Å². The molecule has 0 saturated carbocycles. The lowest BCUT2D eigenvalue weighted by Crippen LogP contribution is -2.25. The second-order valence-electron chi connectivity index (χ2n) is 4.34. The van der Waals surface area contributed by atoms with Crippen LogP contribution in [0.5, 0.6) is 0 Å². The Hall–Kier alpha value is -1.92. The van der Waals surface area contributed by atoms with Crippen LogP contribution in [0.15, 0.2) is 35.7 Å². The number of rotatable bonds is 8. The van der Waals surface area contributed by atoms with E-state index in [4.69, 9.17) is 4.74 Å². The molecule has 21 heavy (non-hydrogen) atoms. The molecule has 1 amide bonds. The van der Waals surface area contributed by atoms with Gasteiger partial charge in [-0.15, -0.1) is 11.3 Å². The highest BCUT2D eigenvalue weighted by Crippen LogP contribution is 2.20. The summed E-state index contributed by atoms with van der Waals surface area (Å²) in [5.41, 5.74) is 1.39. The quantitative estimate of drug-likeness (QED) is 0.736. The Morgan fingerprint density at radius 1 is 1.33 bits per heavy atom. The summed E-state index contributed by atoms with van der Waals surface area (Å²) in [7, 11) is 0. The van der Waals surface area contributed by atoms with E-state index in [1.807, 2.05) is 37.3 Å². The highest BCUT2D eigenvalue weighted by molar-refractivity contribution is 7.14. The van der Waals surface area contributed by atoms with Gasteiger partial charge in [0.25, 0.3) is 5.91 Å². The molecule has 0 aliphatic heterocycles. The minimum absolute atomic E-state index is 0.149. The number of thiazole rings is 1. The third-order valence-electron chi connectivity index (χ3n) is 2.72. The van der Waals surface area contributed by atoms with Crippen LogP contribution in [-0.2, 0) is 4.74 Å². The first-order valence-electron chi connectivity index (χ1n) is 6.93. The van der Waals surface area contributed by atoms with Crippen LogP contribution in [0.4, 0.5) is 10.8 Å². The van der Waals surface area contributed by atoms with Gasteiger partial charge in [-0.25, -0.2) is 4.98 Å². The molecule has 5 nitrogen and oxygen atoms in total. The van der Waals surface area contributed by atoms with Crippen molar-refractivity contribution >= 4 is 28.1 Å². The van der Waals surface area contributed by atoms with Gasteiger partial charge in [-0.3, -0.25) is 4.79 Å². The number of amides is 1. The maximum absolute atomic E-state index is 11.9. The lowest BCUT2D eigenvalue weighted by molar-refractivity contribution is 0.0940. The number of ether oxygens (including phenoxy) is 1. The Bertz CT molecular complexity index is 557. The number of benzene rings is 1. The number of carbonyl (C=O) groups excluding carboxylic acids is 1. The predicted octanol–water partition coefficient (Wildman–Crippen LogP) is 3.04. The van der Waals surface area contributed by atoms with Gasteiger partial charge in [-0.05, 0) is 25.5 Å². The SMILES string of the molecule is CCOCCCNC(=O)c1csc(Nc2ccccc2)n1. The maximum Gasteiger partial charge on any atom is 0.270 e. The summed E-state index contributed by atoms with van der Waals surface area (Å²) in [5, 5.41) is 8.47. The van der Waals surface area contributed by atoms with E-state index < -0.39 is 0 Å². The molecule has 0 bridgehead atoms. The molecule has 1 aromatic heterocycles. The van der Waals surface area contributed by atoms with Gasteiger partial charge in [-0.1, -0.05) is 18.2 Å². The van der Waals surface area contributed by atoms with Crippen LogP contribution in [0.1, 0.15) is 23.8 Å². The van der Waals surface area contributed by atoms with Gasteiger partial charge >= 0.3 is 0 Å². The molecule has 2 N–H and O–H groups in total. The second-order valence-corrected chi connectivity index (χ2v) is 5.19. The lowest BCUT2D eigenvalue weighted by atomic mass is 10.3. The summed E-state index contributed by atoms with van der Waals surface area (Å²) < 4.78 is 5.22. The van der Waals surface area contributed by atoms with Crippen molar-refractivity contribution in [3.8, 4) is 0 Å². The van der Waals surface area contributed by atoms with Gasteiger partial charge in [0, 0.05) is 30.8 Å². The van der Waals surface area contributed by atoms with Gasteiger partial charge in [0.05, 0.1) is 0 Å². The third kappa shape index (κ3) is 5.17. The number of nitrogens with zero attached hydrogens (tertiary/aromatic N) is 1.